The first-order valence-electron chi connectivity index (χ1n) is 4.67. The second-order valence-corrected chi connectivity index (χ2v) is 4.99. The third kappa shape index (κ3) is 3.11. The maximum atomic E-state index is 5.68. The molecule has 2 N–H and O–H groups in total. The highest BCUT2D eigenvalue weighted by atomic mass is 15.1. The van der Waals surface area contributed by atoms with Gasteiger partial charge in [0.05, 0.1) is 0 Å². The number of rotatable bonds is 3. The van der Waals surface area contributed by atoms with Crippen LogP contribution < -0.4 is 5.73 Å². The van der Waals surface area contributed by atoms with E-state index in [1.54, 1.807) is 0 Å². The van der Waals surface area contributed by atoms with Gasteiger partial charge in [0.15, 0.2) is 0 Å². The molecule has 0 saturated carbocycles. The van der Waals surface area contributed by atoms with Gasteiger partial charge in [-0.15, -0.1) is 0 Å². The predicted molar refractivity (Wildman–Crippen MR) is 55.1 cm³/mol. The van der Waals surface area contributed by atoms with Gasteiger partial charge in [0.1, 0.15) is 0 Å². The zero-order chi connectivity index (χ0) is 9.94. The van der Waals surface area contributed by atoms with Crippen LogP contribution >= 0.6 is 0 Å². The van der Waals surface area contributed by atoms with Crippen molar-refractivity contribution in [3.05, 3.63) is 0 Å². The average molecular weight is 172 g/mol. The maximum Gasteiger partial charge on any atom is 0.0175 e. The second-order valence-electron chi connectivity index (χ2n) is 4.99. The fraction of sp³-hybridized carbons (Fsp3) is 1.00. The molecule has 0 aromatic rings. The normalized spacial score (nSPS) is 18.0. The smallest absolute Gasteiger partial charge is 0.0175 e. The van der Waals surface area contributed by atoms with Crippen LogP contribution in [0.25, 0.3) is 0 Å². The summed E-state index contributed by atoms with van der Waals surface area (Å²) in [5.74, 6) is 0.556. The number of hydrogen-bond donors (Lipinski definition) is 1. The van der Waals surface area contributed by atoms with E-state index in [-0.39, 0.29) is 0 Å². The third-order valence-electron chi connectivity index (χ3n) is 2.35. The Morgan fingerprint density at radius 1 is 1.25 bits per heavy atom. The summed E-state index contributed by atoms with van der Waals surface area (Å²) in [6.07, 6.45) is 0. The summed E-state index contributed by atoms with van der Waals surface area (Å²) >= 11 is 0. The summed E-state index contributed by atoms with van der Waals surface area (Å²) in [5.41, 5.74) is 5.99. The topological polar surface area (TPSA) is 29.3 Å². The van der Waals surface area contributed by atoms with Crippen molar-refractivity contribution in [1.29, 1.82) is 0 Å². The average Bonchev–Trinajstić information content (AvgIpc) is 1.83. The van der Waals surface area contributed by atoms with E-state index in [1.807, 2.05) is 0 Å². The maximum absolute atomic E-state index is 5.68. The Morgan fingerprint density at radius 3 is 1.75 bits per heavy atom. The van der Waals surface area contributed by atoms with Crippen molar-refractivity contribution in [2.45, 2.75) is 33.7 Å². The highest BCUT2D eigenvalue weighted by Crippen LogP contribution is 2.28. The summed E-state index contributed by atoms with van der Waals surface area (Å²) in [5, 5.41) is 0. The molecule has 0 aromatic carbocycles. The van der Waals surface area contributed by atoms with Crippen LogP contribution in [0.1, 0.15) is 27.7 Å². The minimum Gasteiger partial charge on any atom is -0.330 e. The minimum absolute atomic E-state index is 0.308. The quantitative estimate of drug-likeness (QED) is 0.700. The predicted octanol–water partition coefficient (Wildman–Crippen LogP) is 1.56. The highest BCUT2D eigenvalue weighted by Gasteiger charge is 2.30. The first-order valence-corrected chi connectivity index (χ1v) is 4.67. The molecule has 0 aromatic heterocycles. The van der Waals surface area contributed by atoms with E-state index < -0.39 is 0 Å². The lowest BCUT2D eigenvalue weighted by atomic mass is 9.79. The van der Waals surface area contributed by atoms with Gasteiger partial charge in [-0.05, 0) is 32.0 Å². The zero-order valence-corrected chi connectivity index (χ0v) is 9.39. The molecule has 2 atom stereocenters. The summed E-state index contributed by atoms with van der Waals surface area (Å²) in [4.78, 5) is 2.28. The molecule has 0 aliphatic rings. The molecule has 2 unspecified atom stereocenters. The molecule has 2 heteroatoms. The summed E-state index contributed by atoms with van der Waals surface area (Å²) < 4.78 is 0. The highest BCUT2D eigenvalue weighted by molar-refractivity contribution is 4.84. The van der Waals surface area contributed by atoms with Crippen molar-refractivity contribution in [3.63, 3.8) is 0 Å². The van der Waals surface area contributed by atoms with Crippen molar-refractivity contribution in [1.82, 2.24) is 4.90 Å². The fourth-order valence-corrected chi connectivity index (χ4v) is 2.27. The molecule has 0 heterocycles. The van der Waals surface area contributed by atoms with Gasteiger partial charge in [-0.25, -0.2) is 0 Å². The van der Waals surface area contributed by atoms with Gasteiger partial charge in [-0.2, -0.15) is 0 Å². The molecule has 0 radical (unpaired) electrons. The van der Waals surface area contributed by atoms with E-state index in [1.165, 1.54) is 0 Å². The molecular formula is C10H24N2. The molecule has 2 nitrogen and oxygen atoms in total. The van der Waals surface area contributed by atoms with E-state index >= 15 is 0 Å². The van der Waals surface area contributed by atoms with E-state index in [4.69, 9.17) is 5.73 Å². The molecule has 0 aliphatic carbocycles. The second kappa shape index (κ2) is 4.24. The van der Waals surface area contributed by atoms with Crippen molar-refractivity contribution in [2.75, 3.05) is 20.6 Å². The molecule has 0 spiro atoms. The van der Waals surface area contributed by atoms with Gasteiger partial charge in [0.25, 0.3) is 0 Å². The van der Waals surface area contributed by atoms with Crippen LogP contribution in [0.2, 0.25) is 0 Å². The van der Waals surface area contributed by atoms with Crippen molar-refractivity contribution < 1.29 is 0 Å². The van der Waals surface area contributed by atoms with Crippen LogP contribution in [0.4, 0.5) is 0 Å². The summed E-state index contributed by atoms with van der Waals surface area (Å²) in [6, 6.07) is 0.558. The largest absolute Gasteiger partial charge is 0.330 e. The molecule has 0 rings (SSSR count). The monoisotopic (exact) mass is 172 g/mol. The Hall–Kier alpha value is -0.0800. The number of nitrogens with zero attached hydrogens (tertiary/aromatic N) is 1. The van der Waals surface area contributed by atoms with Gasteiger partial charge in [-0.1, -0.05) is 27.7 Å². The molecule has 74 valence electrons. The van der Waals surface area contributed by atoms with E-state index in [9.17, 15) is 0 Å². The lowest BCUT2D eigenvalue weighted by Crippen LogP contribution is -2.46. The van der Waals surface area contributed by atoms with Crippen LogP contribution in [0, 0.1) is 11.3 Å². The van der Waals surface area contributed by atoms with Gasteiger partial charge in [0, 0.05) is 6.04 Å². The SMILES string of the molecule is CC(CN)C(N(C)C)C(C)(C)C. The first-order chi connectivity index (χ1) is 5.30. The Balaban J connectivity index is 4.44. The van der Waals surface area contributed by atoms with E-state index in [0.29, 0.717) is 17.4 Å². The molecule has 12 heavy (non-hydrogen) atoms. The molecule has 0 fully saturated rings. The van der Waals surface area contributed by atoms with Crippen molar-refractivity contribution in [3.8, 4) is 0 Å². The van der Waals surface area contributed by atoms with Gasteiger partial charge in [0.2, 0.25) is 0 Å². The molecule has 0 aliphatic heterocycles. The Kier molecular flexibility index (Phi) is 4.21. The first kappa shape index (κ1) is 11.9. The molecule has 0 saturated heterocycles. The van der Waals surface area contributed by atoms with Crippen LogP contribution in [0.3, 0.4) is 0 Å². The summed E-state index contributed by atoms with van der Waals surface area (Å²) in [7, 11) is 4.25. The molecule has 0 amide bonds. The van der Waals surface area contributed by atoms with Crippen LogP contribution in [-0.2, 0) is 0 Å². The van der Waals surface area contributed by atoms with Gasteiger partial charge >= 0.3 is 0 Å². The Morgan fingerprint density at radius 2 is 1.67 bits per heavy atom. The zero-order valence-electron chi connectivity index (χ0n) is 9.39. The molecule has 0 bridgehead atoms. The standard InChI is InChI=1S/C10H24N2/c1-8(7-11)9(12(5)6)10(2,3)4/h8-9H,7,11H2,1-6H3. The lowest BCUT2D eigenvalue weighted by Gasteiger charge is -2.40. The Labute approximate surface area is 77.1 Å². The lowest BCUT2D eigenvalue weighted by molar-refractivity contribution is 0.104. The van der Waals surface area contributed by atoms with Crippen molar-refractivity contribution >= 4 is 0 Å². The van der Waals surface area contributed by atoms with Crippen LogP contribution in [-0.4, -0.2) is 31.6 Å². The van der Waals surface area contributed by atoms with Crippen LogP contribution in [0.15, 0.2) is 0 Å². The number of nitrogens with two attached hydrogens (primary N) is 1. The molecular weight excluding hydrogens is 148 g/mol. The van der Waals surface area contributed by atoms with E-state index in [0.717, 1.165) is 6.54 Å². The minimum atomic E-state index is 0.308. The Bertz CT molecular complexity index is 124. The van der Waals surface area contributed by atoms with Crippen LogP contribution in [0.5, 0.6) is 0 Å². The fourth-order valence-electron chi connectivity index (χ4n) is 2.27. The van der Waals surface area contributed by atoms with Gasteiger partial charge in [-0.3, -0.25) is 0 Å². The van der Waals surface area contributed by atoms with E-state index in [2.05, 4.69) is 46.7 Å². The third-order valence-corrected chi connectivity index (χ3v) is 2.35. The van der Waals surface area contributed by atoms with Crippen molar-refractivity contribution in [2.24, 2.45) is 17.1 Å². The number of hydrogen-bond acceptors (Lipinski definition) is 2. The van der Waals surface area contributed by atoms with Gasteiger partial charge < -0.3 is 10.6 Å². The summed E-state index contributed by atoms with van der Waals surface area (Å²) in [6.45, 7) is 9.79.